The molecule has 10 nitrogen and oxygen atoms in total. The molecule has 1 heterocycles. The van der Waals surface area contributed by atoms with E-state index < -0.39 is 0 Å². The van der Waals surface area contributed by atoms with Gasteiger partial charge in [-0.05, 0) is 27.2 Å². The maximum absolute atomic E-state index is 10.7. The Hall–Kier alpha value is -0.616. The second-order valence-corrected chi connectivity index (χ2v) is 6.34. The number of carbonyl (C=O) groups is 1. The fourth-order valence-electron chi connectivity index (χ4n) is 2.11. The molecule has 0 bridgehead atoms. The number of aromatic nitrogens is 3. The molecule has 1 aromatic rings. The van der Waals surface area contributed by atoms with E-state index in [1.165, 1.54) is 0 Å². The van der Waals surface area contributed by atoms with Crippen molar-refractivity contribution in [2.24, 2.45) is 0 Å². The van der Waals surface area contributed by atoms with Gasteiger partial charge in [-0.15, -0.1) is 11.5 Å². The summed E-state index contributed by atoms with van der Waals surface area (Å²) >= 11 is 0. The van der Waals surface area contributed by atoms with Gasteiger partial charge >= 0.3 is 0 Å². The van der Waals surface area contributed by atoms with Crippen molar-refractivity contribution in [2.45, 2.75) is 53.2 Å². The van der Waals surface area contributed by atoms with Crippen molar-refractivity contribution in [3.8, 4) is 0 Å². The first-order valence-corrected chi connectivity index (χ1v) is 10.8. The Kier molecular flexibility index (Phi) is 27.9. The molecule has 183 valence electrons. The summed E-state index contributed by atoms with van der Waals surface area (Å²) in [5.74, 6) is 0.195. The zero-order chi connectivity index (χ0) is 23.0. The third-order valence-corrected chi connectivity index (χ3v) is 3.62. The molecule has 0 saturated carbocycles. The Morgan fingerprint density at radius 1 is 0.938 bits per heavy atom. The van der Waals surface area contributed by atoms with Gasteiger partial charge in [-0.25, -0.2) is 4.68 Å². The van der Waals surface area contributed by atoms with E-state index in [2.05, 4.69) is 10.3 Å². The average Bonchev–Trinajstić information content (AvgIpc) is 3.20. The van der Waals surface area contributed by atoms with Crippen LogP contribution < -0.4 is 0 Å². The van der Waals surface area contributed by atoms with Crippen molar-refractivity contribution < 1.29 is 66.0 Å². The normalized spacial score (nSPS) is 10.2. The summed E-state index contributed by atoms with van der Waals surface area (Å²) in [6, 6.07) is 0. The standard InChI is InChI=1S/C12H21N3O3.C9H17O4.Y/c1-3-17-8-6-15-9-12(13-14-15)10-18-7-4-5-11(2)16;1-2-11-6-7-13-9-8-12-5-3-4-10;/h9H,3-8,10H2,1-2H3;2-3,5-9H2,1H3;/q;-1;. The van der Waals surface area contributed by atoms with E-state index in [0.717, 1.165) is 18.7 Å². The molecule has 0 saturated heterocycles. The average molecular weight is 533 g/mol. The molecule has 11 heteroatoms. The molecule has 0 amide bonds. The molecule has 0 aliphatic rings. The summed E-state index contributed by atoms with van der Waals surface area (Å²) in [6.45, 7) is 12.0. The third-order valence-electron chi connectivity index (χ3n) is 3.62. The summed E-state index contributed by atoms with van der Waals surface area (Å²) in [5.41, 5.74) is 0.800. The van der Waals surface area contributed by atoms with Gasteiger partial charge < -0.3 is 33.3 Å². The Bertz CT molecular complexity index is 547. The van der Waals surface area contributed by atoms with Crippen molar-refractivity contribution in [2.75, 3.05) is 59.5 Å². The van der Waals surface area contributed by atoms with Gasteiger partial charge in [-0.3, -0.25) is 6.29 Å². The van der Waals surface area contributed by atoms with Crippen LogP contribution in [-0.4, -0.2) is 86.5 Å². The summed E-state index contributed by atoms with van der Waals surface area (Å²) < 4.78 is 27.7. The van der Waals surface area contributed by atoms with Crippen LogP contribution in [0.15, 0.2) is 6.20 Å². The number of ketones is 1. The predicted molar refractivity (Wildman–Crippen MR) is 115 cm³/mol. The molecule has 1 rings (SSSR count). The molecular formula is C21H38N3O7Y-. The van der Waals surface area contributed by atoms with Gasteiger partial charge in [-0.1, -0.05) is 5.21 Å². The topological polar surface area (TPSA) is 111 Å². The van der Waals surface area contributed by atoms with Gasteiger partial charge in [0, 0.05) is 65.6 Å². The first-order valence-electron chi connectivity index (χ1n) is 10.8. The molecule has 1 radical (unpaired) electrons. The van der Waals surface area contributed by atoms with Gasteiger partial charge in [-0.2, -0.15) is 0 Å². The fourth-order valence-corrected chi connectivity index (χ4v) is 2.11. The predicted octanol–water partition coefficient (Wildman–Crippen LogP) is 1.75. The molecule has 0 spiro atoms. The summed E-state index contributed by atoms with van der Waals surface area (Å²) in [6.07, 6.45) is 5.26. The first kappa shape index (κ1) is 33.6. The van der Waals surface area contributed by atoms with E-state index in [-0.39, 0.29) is 38.5 Å². The number of rotatable bonds is 20. The smallest absolute Gasteiger partial charge is 0.129 e. The van der Waals surface area contributed by atoms with Gasteiger partial charge in [0.25, 0.3) is 0 Å². The minimum Gasteiger partial charge on any atom is -0.542 e. The molecule has 0 atom stereocenters. The number of hydrogen-bond donors (Lipinski definition) is 0. The number of nitrogens with zero attached hydrogens (tertiary/aromatic N) is 3. The van der Waals surface area contributed by atoms with Crippen LogP contribution in [0.25, 0.3) is 0 Å². The summed E-state index contributed by atoms with van der Waals surface area (Å²) in [5, 5.41) is 7.96. The molecule has 1 aromatic heterocycles. The summed E-state index contributed by atoms with van der Waals surface area (Å²) in [7, 11) is 0. The molecule has 0 N–H and O–H groups in total. The van der Waals surface area contributed by atoms with Crippen LogP contribution in [0.2, 0.25) is 0 Å². The zero-order valence-electron chi connectivity index (χ0n) is 19.8. The van der Waals surface area contributed by atoms with Crippen LogP contribution in [0, 0.1) is 0 Å². The van der Waals surface area contributed by atoms with E-state index in [4.69, 9.17) is 23.7 Å². The first-order chi connectivity index (χ1) is 15.1. The Morgan fingerprint density at radius 3 is 2.19 bits per heavy atom. The van der Waals surface area contributed by atoms with Crippen molar-refractivity contribution in [1.29, 1.82) is 0 Å². The summed E-state index contributed by atoms with van der Waals surface area (Å²) in [4.78, 5) is 20.5. The van der Waals surface area contributed by atoms with Gasteiger partial charge in [0.1, 0.15) is 11.5 Å². The van der Waals surface area contributed by atoms with Gasteiger partial charge in [0.05, 0.1) is 52.4 Å². The van der Waals surface area contributed by atoms with Crippen LogP contribution >= 0.6 is 0 Å². The second kappa shape index (κ2) is 26.6. The van der Waals surface area contributed by atoms with E-state index in [0.29, 0.717) is 78.8 Å². The molecule has 32 heavy (non-hydrogen) atoms. The zero-order valence-corrected chi connectivity index (χ0v) is 22.6. The molecule has 0 aliphatic heterocycles. The number of carbonyl (C=O) groups excluding carboxylic acids is 2. The Morgan fingerprint density at radius 2 is 1.56 bits per heavy atom. The maximum Gasteiger partial charge on any atom is 0.129 e. The minimum absolute atomic E-state index is 0. The van der Waals surface area contributed by atoms with Crippen LogP contribution in [0.5, 0.6) is 0 Å². The van der Waals surface area contributed by atoms with E-state index in [9.17, 15) is 9.59 Å². The van der Waals surface area contributed by atoms with E-state index in [1.807, 2.05) is 20.0 Å². The van der Waals surface area contributed by atoms with Crippen molar-refractivity contribution >= 4 is 12.1 Å². The number of ether oxygens (including phenoxy) is 5. The van der Waals surface area contributed by atoms with Gasteiger partial charge in [0.15, 0.2) is 0 Å². The number of Topliss-reactive ketones (excluding diaryl/α,β-unsaturated/α-hetero) is 1. The monoisotopic (exact) mass is 533 g/mol. The minimum atomic E-state index is 0. The van der Waals surface area contributed by atoms with Crippen molar-refractivity contribution in [3.05, 3.63) is 11.9 Å². The van der Waals surface area contributed by atoms with Crippen LogP contribution in [0.1, 0.15) is 45.7 Å². The van der Waals surface area contributed by atoms with Crippen LogP contribution in [0.4, 0.5) is 0 Å². The quantitative estimate of drug-likeness (QED) is 0.183. The van der Waals surface area contributed by atoms with E-state index >= 15 is 0 Å². The molecular weight excluding hydrogens is 495 g/mol. The molecule has 0 aromatic carbocycles. The number of hydrogen-bond acceptors (Lipinski definition) is 9. The van der Waals surface area contributed by atoms with Crippen molar-refractivity contribution in [1.82, 2.24) is 15.0 Å². The molecule has 0 fully saturated rings. The van der Waals surface area contributed by atoms with Crippen LogP contribution in [0.3, 0.4) is 0 Å². The second-order valence-electron chi connectivity index (χ2n) is 6.34. The molecule has 0 unspecified atom stereocenters. The van der Waals surface area contributed by atoms with Gasteiger partial charge in [0.2, 0.25) is 0 Å². The Balaban J connectivity index is 0. The molecule has 0 aliphatic carbocycles. The fraction of sp³-hybridized carbons (Fsp3) is 0.810. The SMILES string of the molecule is CCOCCOCCOCC[C-]=O.CCOCCn1cc(COCCCC(C)=O)nn1.[Y]. The van der Waals surface area contributed by atoms with Crippen molar-refractivity contribution in [3.63, 3.8) is 0 Å². The van der Waals surface area contributed by atoms with E-state index in [1.54, 1.807) is 17.9 Å². The largest absolute Gasteiger partial charge is 0.542 e. The third kappa shape index (κ3) is 24.0. The Labute approximate surface area is 216 Å². The maximum atomic E-state index is 10.7. The van der Waals surface area contributed by atoms with Crippen LogP contribution in [-0.2, 0) is 79.1 Å².